The molecule has 1 N–H and O–H groups in total. The lowest BCUT2D eigenvalue weighted by Gasteiger charge is -2.31. The van der Waals surface area contributed by atoms with E-state index in [1.807, 2.05) is 13.1 Å². The van der Waals surface area contributed by atoms with Gasteiger partial charge in [0.1, 0.15) is 0 Å². The average molecular weight is 221 g/mol. The molecule has 0 saturated carbocycles. The fraction of sp³-hybridized carbons (Fsp3) is 0.667. The van der Waals surface area contributed by atoms with E-state index >= 15 is 0 Å². The topological polar surface area (TPSA) is 49.2 Å². The number of hydrogen-bond donors (Lipinski definition) is 1. The van der Waals surface area contributed by atoms with Gasteiger partial charge in [-0.1, -0.05) is 0 Å². The third kappa shape index (κ3) is 3.00. The number of piperidine rings is 1. The number of rotatable bonds is 3. The van der Waals surface area contributed by atoms with E-state index in [2.05, 4.69) is 14.9 Å². The summed E-state index contributed by atoms with van der Waals surface area (Å²) < 4.78 is 0. The van der Waals surface area contributed by atoms with Gasteiger partial charge in [0.25, 0.3) is 0 Å². The largest absolute Gasteiger partial charge is 0.396 e. The van der Waals surface area contributed by atoms with E-state index in [4.69, 9.17) is 5.11 Å². The molecule has 88 valence electrons. The second kappa shape index (κ2) is 5.37. The van der Waals surface area contributed by atoms with Crippen LogP contribution in [0.4, 0.5) is 0 Å². The first kappa shape index (κ1) is 11.5. The summed E-state index contributed by atoms with van der Waals surface area (Å²) >= 11 is 0. The molecular weight excluding hydrogens is 202 g/mol. The fourth-order valence-electron chi connectivity index (χ4n) is 2.26. The Morgan fingerprint density at radius 3 is 3.12 bits per heavy atom. The average Bonchev–Trinajstić information content (AvgIpc) is 2.29. The number of likely N-dealkylation sites (tertiary alicyclic amines) is 1. The van der Waals surface area contributed by atoms with Crippen molar-refractivity contribution in [3.8, 4) is 0 Å². The summed E-state index contributed by atoms with van der Waals surface area (Å²) in [5.74, 6) is 0.437. The number of aliphatic hydroxyl groups is 1. The smallest absolute Gasteiger partial charge is 0.0730 e. The second-order valence-electron chi connectivity index (χ2n) is 4.58. The van der Waals surface area contributed by atoms with Gasteiger partial charge in [-0.25, -0.2) is 0 Å². The lowest BCUT2D eigenvalue weighted by Crippen LogP contribution is -2.36. The van der Waals surface area contributed by atoms with E-state index in [-0.39, 0.29) is 0 Å². The molecule has 1 unspecified atom stereocenters. The highest BCUT2D eigenvalue weighted by Crippen LogP contribution is 2.17. The van der Waals surface area contributed by atoms with E-state index in [1.54, 1.807) is 6.20 Å². The predicted octanol–water partition coefficient (Wildman–Crippen LogP) is 0.989. The van der Waals surface area contributed by atoms with Crippen molar-refractivity contribution in [3.05, 3.63) is 23.8 Å². The predicted molar refractivity (Wildman–Crippen MR) is 61.9 cm³/mol. The fourth-order valence-corrected chi connectivity index (χ4v) is 2.26. The molecule has 1 atom stereocenters. The third-order valence-electron chi connectivity index (χ3n) is 3.05. The van der Waals surface area contributed by atoms with Crippen LogP contribution in [0, 0.1) is 12.8 Å². The zero-order chi connectivity index (χ0) is 11.4. The summed E-state index contributed by atoms with van der Waals surface area (Å²) in [5, 5.41) is 9.16. The highest BCUT2D eigenvalue weighted by Gasteiger charge is 2.19. The molecule has 0 amide bonds. The van der Waals surface area contributed by atoms with Gasteiger partial charge in [-0.3, -0.25) is 14.9 Å². The normalized spacial score (nSPS) is 22.2. The summed E-state index contributed by atoms with van der Waals surface area (Å²) in [5.41, 5.74) is 1.99. The summed E-state index contributed by atoms with van der Waals surface area (Å²) in [6, 6.07) is 0. The van der Waals surface area contributed by atoms with Gasteiger partial charge in [-0.15, -0.1) is 0 Å². The summed E-state index contributed by atoms with van der Waals surface area (Å²) in [4.78, 5) is 11.0. The molecule has 16 heavy (non-hydrogen) atoms. The summed E-state index contributed by atoms with van der Waals surface area (Å²) in [6.45, 7) is 5.20. The Bertz CT molecular complexity index is 343. The SMILES string of the molecule is Cc1cncc(CN2CCCC(CO)C2)n1. The lowest BCUT2D eigenvalue weighted by molar-refractivity contribution is 0.115. The summed E-state index contributed by atoms with van der Waals surface area (Å²) in [7, 11) is 0. The maximum Gasteiger partial charge on any atom is 0.0730 e. The molecule has 4 nitrogen and oxygen atoms in total. The summed E-state index contributed by atoms with van der Waals surface area (Å²) in [6.07, 6.45) is 5.92. The molecule has 0 spiro atoms. The van der Waals surface area contributed by atoms with Gasteiger partial charge < -0.3 is 5.11 Å². The maximum atomic E-state index is 9.16. The van der Waals surface area contributed by atoms with Crippen LogP contribution in [0.25, 0.3) is 0 Å². The molecule has 1 aliphatic heterocycles. The van der Waals surface area contributed by atoms with Crippen molar-refractivity contribution < 1.29 is 5.11 Å². The highest BCUT2D eigenvalue weighted by atomic mass is 16.3. The second-order valence-corrected chi connectivity index (χ2v) is 4.58. The Kier molecular flexibility index (Phi) is 3.85. The van der Waals surface area contributed by atoms with Crippen molar-refractivity contribution in [2.45, 2.75) is 26.3 Å². The van der Waals surface area contributed by atoms with Crippen molar-refractivity contribution in [1.29, 1.82) is 0 Å². The van der Waals surface area contributed by atoms with Crippen molar-refractivity contribution in [3.63, 3.8) is 0 Å². The quantitative estimate of drug-likeness (QED) is 0.827. The highest BCUT2D eigenvalue weighted by molar-refractivity contribution is 5.01. The number of nitrogens with zero attached hydrogens (tertiary/aromatic N) is 3. The van der Waals surface area contributed by atoms with Gasteiger partial charge in [-0.2, -0.15) is 0 Å². The Labute approximate surface area is 96.3 Å². The van der Waals surface area contributed by atoms with Gasteiger partial charge >= 0.3 is 0 Å². The van der Waals surface area contributed by atoms with E-state index in [0.717, 1.165) is 37.4 Å². The van der Waals surface area contributed by atoms with E-state index < -0.39 is 0 Å². The first-order valence-corrected chi connectivity index (χ1v) is 5.88. The zero-order valence-corrected chi connectivity index (χ0v) is 9.76. The minimum Gasteiger partial charge on any atom is -0.396 e. The van der Waals surface area contributed by atoms with Crippen molar-refractivity contribution in [2.24, 2.45) is 5.92 Å². The molecular formula is C12H19N3O. The van der Waals surface area contributed by atoms with Crippen LogP contribution < -0.4 is 0 Å². The molecule has 0 aliphatic carbocycles. The molecule has 0 aromatic carbocycles. The van der Waals surface area contributed by atoms with E-state index in [1.165, 1.54) is 6.42 Å². The van der Waals surface area contributed by atoms with Crippen LogP contribution in [-0.2, 0) is 6.54 Å². The first-order valence-electron chi connectivity index (χ1n) is 5.88. The molecule has 1 aromatic heterocycles. The lowest BCUT2D eigenvalue weighted by atomic mass is 9.99. The van der Waals surface area contributed by atoms with Crippen LogP contribution in [0.3, 0.4) is 0 Å². The van der Waals surface area contributed by atoms with Crippen LogP contribution in [0.2, 0.25) is 0 Å². The number of aromatic nitrogens is 2. The minimum atomic E-state index is 0.302. The molecule has 0 bridgehead atoms. The molecule has 2 heterocycles. The van der Waals surface area contributed by atoms with E-state index in [0.29, 0.717) is 12.5 Å². The monoisotopic (exact) mass is 221 g/mol. The zero-order valence-electron chi connectivity index (χ0n) is 9.76. The molecule has 1 saturated heterocycles. The number of hydrogen-bond acceptors (Lipinski definition) is 4. The molecule has 1 aliphatic rings. The number of aryl methyl sites for hydroxylation is 1. The minimum absolute atomic E-state index is 0.302. The van der Waals surface area contributed by atoms with Gasteiger partial charge in [0.05, 0.1) is 11.4 Å². The third-order valence-corrected chi connectivity index (χ3v) is 3.05. The Hall–Kier alpha value is -1.00. The van der Waals surface area contributed by atoms with Crippen LogP contribution >= 0.6 is 0 Å². The Morgan fingerprint density at radius 1 is 1.50 bits per heavy atom. The van der Waals surface area contributed by atoms with Gasteiger partial charge in [0.2, 0.25) is 0 Å². The van der Waals surface area contributed by atoms with Crippen LogP contribution in [-0.4, -0.2) is 39.7 Å². The van der Waals surface area contributed by atoms with Crippen molar-refractivity contribution in [2.75, 3.05) is 19.7 Å². The Morgan fingerprint density at radius 2 is 2.38 bits per heavy atom. The van der Waals surface area contributed by atoms with Gasteiger partial charge in [-0.05, 0) is 32.2 Å². The number of aliphatic hydroxyl groups excluding tert-OH is 1. The maximum absolute atomic E-state index is 9.16. The standard InChI is InChI=1S/C12H19N3O/c1-10-5-13-6-12(14-10)8-15-4-2-3-11(7-15)9-16/h5-6,11,16H,2-4,7-9H2,1H3. The molecule has 4 heteroatoms. The van der Waals surface area contributed by atoms with Crippen LogP contribution in [0.5, 0.6) is 0 Å². The van der Waals surface area contributed by atoms with Gasteiger partial charge in [0, 0.05) is 32.1 Å². The molecule has 2 rings (SSSR count). The van der Waals surface area contributed by atoms with Gasteiger partial charge in [0.15, 0.2) is 0 Å². The van der Waals surface area contributed by atoms with Crippen LogP contribution in [0.15, 0.2) is 12.4 Å². The van der Waals surface area contributed by atoms with Crippen LogP contribution in [0.1, 0.15) is 24.2 Å². The first-order chi connectivity index (χ1) is 7.78. The van der Waals surface area contributed by atoms with Crippen molar-refractivity contribution in [1.82, 2.24) is 14.9 Å². The van der Waals surface area contributed by atoms with Crippen molar-refractivity contribution >= 4 is 0 Å². The molecule has 0 radical (unpaired) electrons. The Balaban J connectivity index is 1.94. The van der Waals surface area contributed by atoms with E-state index in [9.17, 15) is 0 Å². The molecule has 1 fully saturated rings. The molecule has 1 aromatic rings.